The van der Waals surface area contributed by atoms with E-state index < -0.39 is 5.97 Å². The number of carbonyl (C=O) groups excluding carboxylic acids is 2. The standard InChI is InChI=1S/C7H13NO3.C3H7N/c1-3-6(9)8(2)5-4-7(10)11;1-2-3-4/h3-5H2,1-2H3,(H,10,11);2H,1,3-4H2. The van der Waals surface area contributed by atoms with E-state index in [2.05, 4.69) is 12.3 Å². The molecule has 1 amide bonds. The van der Waals surface area contributed by atoms with E-state index >= 15 is 0 Å². The first kappa shape index (κ1) is 16.1. The maximum Gasteiger partial charge on any atom is 0.222 e. The summed E-state index contributed by atoms with van der Waals surface area (Å²) in [5.41, 5.74) is 3.49. The SMILES string of the molecule is C=CC[NH3+].CCC(=O)N(C)CCC(=O)[O-]. The van der Waals surface area contributed by atoms with Gasteiger partial charge in [-0.2, -0.15) is 0 Å². The van der Waals surface area contributed by atoms with E-state index in [0.29, 0.717) is 6.42 Å². The number of nitrogens with zero attached hydrogens (tertiary/aromatic N) is 1. The van der Waals surface area contributed by atoms with Crippen LogP contribution in [-0.4, -0.2) is 36.9 Å². The van der Waals surface area contributed by atoms with Crippen molar-refractivity contribution in [3.8, 4) is 0 Å². The molecule has 0 saturated heterocycles. The van der Waals surface area contributed by atoms with Crippen LogP contribution in [0.1, 0.15) is 19.8 Å². The fraction of sp³-hybridized carbons (Fsp3) is 0.600. The van der Waals surface area contributed by atoms with Gasteiger partial charge in [-0.1, -0.05) is 13.5 Å². The molecule has 0 aliphatic carbocycles. The molecule has 0 aliphatic heterocycles. The Balaban J connectivity index is 0. The molecule has 0 radical (unpaired) electrons. The lowest BCUT2D eigenvalue weighted by Gasteiger charge is -2.15. The first-order valence-electron chi connectivity index (χ1n) is 4.83. The number of carboxylic acid groups (broad SMARTS) is 1. The van der Waals surface area contributed by atoms with Gasteiger partial charge in [-0.05, 0) is 6.08 Å². The lowest BCUT2D eigenvalue weighted by molar-refractivity contribution is -0.352. The summed E-state index contributed by atoms with van der Waals surface area (Å²) in [5, 5.41) is 9.97. The van der Waals surface area contributed by atoms with Crippen LogP contribution in [0.3, 0.4) is 0 Å². The second kappa shape index (κ2) is 10.7. The highest BCUT2D eigenvalue weighted by atomic mass is 16.4. The highest BCUT2D eigenvalue weighted by molar-refractivity contribution is 5.76. The third-order valence-corrected chi connectivity index (χ3v) is 1.58. The summed E-state index contributed by atoms with van der Waals surface area (Å²) in [5.74, 6) is -1.17. The summed E-state index contributed by atoms with van der Waals surface area (Å²) in [6, 6.07) is 0. The molecule has 0 fully saturated rings. The largest absolute Gasteiger partial charge is 0.550 e. The van der Waals surface area contributed by atoms with Crippen molar-refractivity contribution in [3.05, 3.63) is 12.7 Å². The van der Waals surface area contributed by atoms with Gasteiger partial charge >= 0.3 is 0 Å². The zero-order valence-electron chi connectivity index (χ0n) is 9.49. The van der Waals surface area contributed by atoms with Crippen LogP contribution >= 0.6 is 0 Å². The van der Waals surface area contributed by atoms with E-state index in [1.165, 1.54) is 4.90 Å². The van der Waals surface area contributed by atoms with Crippen molar-refractivity contribution in [2.45, 2.75) is 19.8 Å². The van der Waals surface area contributed by atoms with Crippen molar-refractivity contribution >= 4 is 11.9 Å². The van der Waals surface area contributed by atoms with E-state index in [0.717, 1.165) is 6.54 Å². The fourth-order valence-corrected chi connectivity index (χ4v) is 0.654. The van der Waals surface area contributed by atoms with Gasteiger partial charge in [0.1, 0.15) is 0 Å². The second-order valence-electron chi connectivity index (χ2n) is 2.87. The van der Waals surface area contributed by atoms with Crippen LogP contribution in [0.2, 0.25) is 0 Å². The Morgan fingerprint density at radius 2 is 2.00 bits per heavy atom. The molecule has 0 atom stereocenters. The Morgan fingerprint density at radius 3 is 2.27 bits per heavy atom. The van der Waals surface area contributed by atoms with Crippen molar-refractivity contribution in [1.82, 2.24) is 4.90 Å². The lowest BCUT2D eigenvalue weighted by atomic mass is 10.3. The van der Waals surface area contributed by atoms with Crippen LogP contribution in [0, 0.1) is 0 Å². The van der Waals surface area contributed by atoms with Gasteiger partial charge in [0.2, 0.25) is 5.91 Å². The van der Waals surface area contributed by atoms with Crippen molar-refractivity contribution in [3.63, 3.8) is 0 Å². The molecule has 0 saturated carbocycles. The summed E-state index contributed by atoms with van der Waals surface area (Å²) >= 11 is 0. The van der Waals surface area contributed by atoms with Crippen LogP contribution in [0.4, 0.5) is 0 Å². The summed E-state index contributed by atoms with van der Waals surface area (Å²) < 4.78 is 0. The zero-order chi connectivity index (χ0) is 12.3. The Labute approximate surface area is 90.6 Å². The fourth-order valence-electron chi connectivity index (χ4n) is 0.654. The smallest absolute Gasteiger partial charge is 0.222 e. The Hall–Kier alpha value is -1.36. The Bertz CT molecular complexity index is 205. The molecule has 0 aliphatic rings. The van der Waals surface area contributed by atoms with Crippen LogP contribution in [-0.2, 0) is 9.59 Å². The zero-order valence-corrected chi connectivity index (χ0v) is 9.49. The molecule has 0 heterocycles. The van der Waals surface area contributed by atoms with Gasteiger partial charge in [-0.3, -0.25) is 4.79 Å². The molecule has 5 nitrogen and oxygen atoms in total. The maximum absolute atomic E-state index is 10.8. The van der Waals surface area contributed by atoms with Gasteiger partial charge in [0.25, 0.3) is 0 Å². The van der Waals surface area contributed by atoms with E-state index in [9.17, 15) is 14.7 Å². The molecular formula is C10H20N2O3. The van der Waals surface area contributed by atoms with E-state index in [-0.39, 0.29) is 18.9 Å². The van der Waals surface area contributed by atoms with Gasteiger partial charge in [0.05, 0.1) is 6.54 Å². The Kier molecular flexibility index (Phi) is 11.5. The number of carbonyl (C=O) groups is 2. The number of rotatable bonds is 5. The normalized spacial score (nSPS) is 8.47. The second-order valence-corrected chi connectivity index (χ2v) is 2.87. The molecule has 0 unspecified atom stereocenters. The number of amides is 1. The van der Waals surface area contributed by atoms with Crippen molar-refractivity contribution in [2.75, 3.05) is 20.1 Å². The molecule has 0 aromatic carbocycles. The number of hydrogen-bond acceptors (Lipinski definition) is 3. The highest BCUT2D eigenvalue weighted by Gasteiger charge is 2.03. The summed E-state index contributed by atoms with van der Waals surface area (Å²) in [6.45, 7) is 6.22. The quantitative estimate of drug-likeness (QED) is 0.562. The van der Waals surface area contributed by atoms with E-state index in [1.807, 2.05) is 0 Å². The summed E-state index contributed by atoms with van der Waals surface area (Å²) in [7, 11) is 1.58. The monoisotopic (exact) mass is 216 g/mol. The molecular weight excluding hydrogens is 196 g/mol. The summed E-state index contributed by atoms with van der Waals surface area (Å²) in [6.07, 6.45) is 2.08. The third kappa shape index (κ3) is 12.6. The van der Waals surface area contributed by atoms with Crippen molar-refractivity contribution < 1.29 is 20.4 Å². The number of hydrogen-bond donors (Lipinski definition) is 1. The van der Waals surface area contributed by atoms with Gasteiger partial charge in [0.15, 0.2) is 0 Å². The molecule has 0 aromatic rings. The molecule has 0 bridgehead atoms. The molecule has 5 heteroatoms. The van der Waals surface area contributed by atoms with Crippen LogP contribution in [0.15, 0.2) is 12.7 Å². The van der Waals surface area contributed by atoms with Gasteiger partial charge in [-0.25, -0.2) is 0 Å². The molecule has 0 rings (SSSR count). The van der Waals surface area contributed by atoms with Crippen molar-refractivity contribution in [1.29, 1.82) is 0 Å². The minimum atomic E-state index is -1.12. The molecule has 88 valence electrons. The molecule has 0 aromatic heterocycles. The topological polar surface area (TPSA) is 88.1 Å². The first-order chi connectivity index (χ1) is 6.99. The minimum Gasteiger partial charge on any atom is -0.550 e. The molecule has 3 N–H and O–H groups in total. The average molecular weight is 216 g/mol. The average Bonchev–Trinajstić information content (AvgIpc) is 2.24. The van der Waals surface area contributed by atoms with Gasteiger partial charge in [-0.15, -0.1) is 0 Å². The summed E-state index contributed by atoms with van der Waals surface area (Å²) in [4.78, 5) is 22.2. The number of aliphatic carboxylic acids is 1. The first-order valence-corrected chi connectivity index (χ1v) is 4.83. The highest BCUT2D eigenvalue weighted by Crippen LogP contribution is 1.90. The molecule has 15 heavy (non-hydrogen) atoms. The predicted octanol–water partition coefficient (Wildman–Crippen LogP) is -1.59. The van der Waals surface area contributed by atoms with Crippen LogP contribution in [0.25, 0.3) is 0 Å². The van der Waals surface area contributed by atoms with Gasteiger partial charge < -0.3 is 20.5 Å². The van der Waals surface area contributed by atoms with Gasteiger partial charge in [0, 0.05) is 32.4 Å². The lowest BCUT2D eigenvalue weighted by Crippen LogP contribution is -2.48. The van der Waals surface area contributed by atoms with E-state index in [4.69, 9.17) is 0 Å². The van der Waals surface area contributed by atoms with Crippen molar-refractivity contribution in [2.24, 2.45) is 0 Å². The number of quaternary nitrogens is 1. The van der Waals surface area contributed by atoms with Crippen LogP contribution in [0.5, 0.6) is 0 Å². The maximum atomic E-state index is 10.8. The number of carboxylic acids is 1. The van der Waals surface area contributed by atoms with E-state index in [1.54, 1.807) is 20.0 Å². The molecule has 0 spiro atoms. The predicted molar refractivity (Wildman–Crippen MR) is 55.5 cm³/mol. The third-order valence-electron chi connectivity index (χ3n) is 1.58. The Morgan fingerprint density at radius 1 is 1.53 bits per heavy atom. The minimum absolute atomic E-state index is 0.0498. The van der Waals surface area contributed by atoms with Crippen LogP contribution < -0.4 is 10.8 Å².